The first kappa shape index (κ1) is 16.4. The molecule has 0 spiro atoms. The third-order valence-electron chi connectivity index (χ3n) is 1.91. The normalized spacial score (nSPS) is 15.0. The third-order valence-corrected chi connectivity index (χ3v) is 1.91. The zero-order valence-electron chi connectivity index (χ0n) is 9.77. The molecule has 0 fully saturated rings. The van der Waals surface area contributed by atoms with Gasteiger partial charge in [-0.2, -0.15) is 13.2 Å². The van der Waals surface area contributed by atoms with Crippen molar-refractivity contribution in [3.8, 4) is 0 Å². The molecule has 18 heavy (non-hydrogen) atoms. The first-order valence-electron chi connectivity index (χ1n) is 4.94. The highest BCUT2D eigenvalue weighted by Crippen LogP contribution is 2.41. The van der Waals surface area contributed by atoms with Gasteiger partial charge in [0.25, 0.3) is 5.92 Å². The van der Waals surface area contributed by atoms with Crippen molar-refractivity contribution in [3.05, 3.63) is 49.4 Å². The topological polar surface area (TPSA) is 12.0 Å². The van der Waals surface area contributed by atoms with E-state index in [9.17, 15) is 22.0 Å². The van der Waals surface area contributed by atoms with Crippen LogP contribution >= 0.6 is 0 Å². The molecule has 0 radical (unpaired) electrons. The van der Waals surface area contributed by atoms with Gasteiger partial charge in [0.2, 0.25) is 0 Å². The van der Waals surface area contributed by atoms with Gasteiger partial charge in [0, 0.05) is 18.8 Å². The lowest BCUT2D eigenvalue weighted by Gasteiger charge is -2.27. The SMILES string of the molecule is C=C/C=C\C=C\NC(=C)C(C(C)(F)F)C(F)(F)F. The van der Waals surface area contributed by atoms with Gasteiger partial charge in [-0.1, -0.05) is 31.4 Å². The summed E-state index contributed by atoms with van der Waals surface area (Å²) in [6.45, 7) is 6.59. The fourth-order valence-electron chi connectivity index (χ4n) is 1.23. The van der Waals surface area contributed by atoms with E-state index in [-0.39, 0.29) is 6.92 Å². The van der Waals surface area contributed by atoms with Crippen LogP contribution in [0.25, 0.3) is 0 Å². The van der Waals surface area contributed by atoms with E-state index in [0.717, 1.165) is 6.20 Å². The molecule has 1 unspecified atom stereocenters. The average molecular weight is 267 g/mol. The lowest BCUT2D eigenvalue weighted by Crippen LogP contribution is -2.41. The van der Waals surface area contributed by atoms with Gasteiger partial charge < -0.3 is 5.32 Å². The Labute approximate surface area is 102 Å². The van der Waals surface area contributed by atoms with Gasteiger partial charge in [0.1, 0.15) is 0 Å². The number of hydrogen-bond acceptors (Lipinski definition) is 1. The van der Waals surface area contributed by atoms with Crippen LogP contribution in [-0.2, 0) is 0 Å². The molecule has 1 atom stereocenters. The molecule has 0 amide bonds. The van der Waals surface area contributed by atoms with E-state index < -0.39 is 23.7 Å². The van der Waals surface area contributed by atoms with E-state index in [4.69, 9.17) is 0 Å². The van der Waals surface area contributed by atoms with E-state index >= 15 is 0 Å². The van der Waals surface area contributed by atoms with Crippen LogP contribution < -0.4 is 5.32 Å². The second-order valence-electron chi connectivity index (χ2n) is 3.58. The number of halogens is 5. The summed E-state index contributed by atoms with van der Waals surface area (Å²) >= 11 is 0. The minimum atomic E-state index is -5.06. The predicted molar refractivity (Wildman–Crippen MR) is 60.9 cm³/mol. The van der Waals surface area contributed by atoms with Gasteiger partial charge in [0.05, 0.1) is 0 Å². The second-order valence-corrected chi connectivity index (χ2v) is 3.58. The summed E-state index contributed by atoms with van der Waals surface area (Å²) < 4.78 is 63.2. The van der Waals surface area contributed by atoms with Crippen molar-refractivity contribution >= 4 is 0 Å². The van der Waals surface area contributed by atoms with Crippen LogP contribution in [0.5, 0.6) is 0 Å². The van der Waals surface area contributed by atoms with Crippen molar-refractivity contribution in [2.75, 3.05) is 0 Å². The highest BCUT2D eigenvalue weighted by Gasteiger charge is 2.54. The smallest absolute Gasteiger partial charge is 0.365 e. The lowest BCUT2D eigenvalue weighted by atomic mass is 9.99. The summed E-state index contributed by atoms with van der Waals surface area (Å²) in [6.07, 6.45) is 1.82. The van der Waals surface area contributed by atoms with E-state index in [1.54, 1.807) is 0 Å². The average Bonchev–Trinajstić information content (AvgIpc) is 2.12. The molecule has 102 valence electrons. The first-order valence-corrected chi connectivity index (χ1v) is 4.94. The standard InChI is InChI=1S/C12H14F5N/c1-4-5-6-7-8-18-9(2)10(11(3,13)14)12(15,16)17/h4-8,10,18H,1-2H2,3H3/b6-5-,8-7+. The van der Waals surface area contributed by atoms with Crippen LogP contribution in [0.4, 0.5) is 22.0 Å². The monoisotopic (exact) mass is 267 g/mol. The zero-order chi connectivity index (χ0) is 14.4. The largest absolute Gasteiger partial charge is 0.402 e. The molecule has 1 nitrogen and oxygen atoms in total. The molecule has 0 aliphatic heterocycles. The van der Waals surface area contributed by atoms with Gasteiger partial charge in [0.15, 0.2) is 5.92 Å². The summed E-state index contributed by atoms with van der Waals surface area (Å²) in [7, 11) is 0. The van der Waals surface area contributed by atoms with Crippen molar-refractivity contribution in [2.45, 2.75) is 19.0 Å². The van der Waals surface area contributed by atoms with Gasteiger partial charge >= 0.3 is 6.18 Å². The fourth-order valence-corrected chi connectivity index (χ4v) is 1.23. The third kappa shape index (κ3) is 5.65. The van der Waals surface area contributed by atoms with Crippen molar-refractivity contribution in [3.63, 3.8) is 0 Å². The maximum absolute atomic E-state index is 12.9. The molecule has 0 aromatic heterocycles. The zero-order valence-corrected chi connectivity index (χ0v) is 9.77. The quantitative estimate of drug-likeness (QED) is 0.562. The Hall–Kier alpha value is -1.59. The van der Waals surface area contributed by atoms with Crippen molar-refractivity contribution in [2.24, 2.45) is 5.92 Å². The molecule has 6 heteroatoms. The molecule has 0 rings (SSSR count). The Morgan fingerprint density at radius 2 is 1.67 bits per heavy atom. The van der Waals surface area contributed by atoms with Gasteiger partial charge in [-0.25, -0.2) is 8.78 Å². The van der Waals surface area contributed by atoms with Crippen LogP contribution in [-0.4, -0.2) is 12.1 Å². The lowest BCUT2D eigenvalue weighted by molar-refractivity contribution is -0.222. The molecule has 0 aliphatic carbocycles. The van der Waals surface area contributed by atoms with E-state index in [2.05, 4.69) is 18.5 Å². The summed E-state index contributed by atoms with van der Waals surface area (Å²) in [5, 5.41) is 2.09. The number of nitrogens with one attached hydrogen (secondary N) is 1. The summed E-state index contributed by atoms with van der Waals surface area (Å²) in [4.78, 5) is 0. The number of alkyl halides is 5. The van der Waals surface area contributed by atoms with Crippen LogP contribution in [0, 0.1) is 5.92 Å². The predicted octanol–water partition coefficient (Wildman–Crippen LogP) is 4.18. The van der Waals surface area contributed by atoms with Crippen molar-refractivity contribution in [1.29, 1.82) is 0 Å². The molecule has 0 aliphatic rings. The number of rotatable bonds is 6. The molecular weight excluding hydrogens is 253 g/mol. The highest BCUT2D eigenvalue weighted by atomic mass is 19.4. The van der Waals surface area contributed by atoms with Gasteiger partial charge in [-0.05, 0) is 6.08 Å². The Bertz CT molecular complexity index is 332. The summed E-state index contributed by atoms with van der Waals surface area (Å²) in [5.74, 6) is -6.87. The molecule has 0 aromatic carbocycles. The number of allylic oxidation sites excluding steroid dienone is 5. The molecule has 1 N–H and O–H groups in total. The summed E-state index contributed by atoms with van der Waals surface area (Å²) in [6, 6.07) is 0. The Morgan fingerprint density at radius 3 is 2.06 bits per heavy atom. The highest BCUT2D eigenvalue weighted by molar-refractivity contribution is 5.13. The maximum atomic E-state index is 12.9. The molecule has 0 heterocycles. The molecule has 0 aromatic rings. The first-order chi connectivity index (χ1) is 8.10. The van der Waals surface area contributed by atoms with Gasteiger partial charge in [-0.3, -0.25) is 0 Å². The van der Waals surface area contributed by atoms with E-state index in [0.29, 0.717) is 0 Å². The Kier molecular flexibility index (Phi) is 5.81. The van der Waals surface area contributed by atoms with Gasteiger partial charge in [-0.15, -0.1) is 0 Å². The molecule has 0 bridgehead atoms. The fraction of sp³-hybridized carbons (Fsp3) is 0.333. The molecule has 0 saturated carbocycles. The number of hydrogen-bond donors (Lipinski definition) is 1. The molecule has 0 saturated heterocycles. The van der Waals surface area contributed by atoms with Crippen molar-refractivity contribution in [1.82, 2.24) is 5.32 Å². The summed E-state index contributed by atoms with van der Waals surface area (Å²) in [5.41, 5.74) is -0.807. The van der Waals surface area contributed by atoms with Crippen LogP contribution in [0.1, 0.15) is 6.92 Å². The van der Waals surface area contributed by atoms with Crippen molar-refractivity contribution < 1.29 is 22.0 Å². The minimum Gasteiger partial charge on any atom is -0.365 e. The second kappa shape index (κ2) is 6.37. The van der Waals surface area contributed by atoms with Crippen LogP contribution in [0.2, 0.25) is 0 Å². The maximum Gasteiger partial charge on any atom is 0.402 e. The van der Waals surface area contributed by atoms with Crippen LogP contribution in [0.15, 0.2) is 49.4 Å². The minimum absolute atomic E-state index is 0.208. The van der Waals surface area contributed by atoms with Crippen LogP contribution in [0.3, 0.4) is 0 Å². The molecular formula is C12H14F5N. The van der Waals surface area contributed by atoms with E-state index in [1.807, 2.05) is 0 Å². The Morgan fingerprint density at radius 1 is 1.11 bits per heavy atom. The Balaban J connectivity index is 4.76. The van der Waals surface area contributed by atoms with E-state index in [1.165, 1.54) is 24.3 Å².